The highest BCUT2D eigenvalue weighted by atomic mass is 16.5. The Morgan fingerprint density at radius 3 is 2.50 bits per heavy atom. The molecule has 2 aliphatic heterocycles. The van der Waals surface area contributed by atoms with Gasteiger partial charge in [-0.1, -0.05) is 6.92 Å². The molecule has 26 heavy (non-hydrogen) atoms. The summed E-state index contributed by atoms with van der Waals surface area (Å²) in [5.74, 6) is 2.41. The second-order valence-corrected chi connectivity index (χ2v) is 7.93. The van der Waals surface area contributed by atoms with E-state index >= 15 is 0 Å². The lowest BCUT2D eigenvalue weighted by molar-refractivity contribution is 0.160. The fourth-order valence-corrected chi connectivity index (χ4v) is 4.04. The number of hydrogen-bond donors (Lipinski definition) is 1. The second kappa shape index (κ2) is 9.26. The molecule has 2 aliphatic rings. The van der Waals surface area contributed by atoms with E-state index in [0.717, 1.165) is 49.2 Å². The number of nitrogens with one attached hydrogen (secondary N) is 1. The topological polar surface area (TPSA) is 44.8 Å². The Balaban J connectivity index is 1.45. The lowest BCUT2D eigenvalue weighted by Crippen LogP contribution is -2.37. The van der Waals surface area contributed by atoms with Gasteiger partial charge >= 0.3 is 6.03 Å². The van der Waals surface area contributed by atoms with Crippen molar-refractivity contribution in [2.24, 2.45) is 11.8 Å². The Hall–Kier alpha value is -1.75. The molecule has 1 unspecified atom stereocenters. The summed E-state index contributed by atoms with van der Waals surface area (Å²) in [4.78, 5) is 17.2. The van der Waals surface area contributed by atoms with E-state index in [4.69, 9.17) is 4.74 Å². The van der Waals surface area contributed by atoms with E-state index in [9.17, 15) is 4.79 Å². The molecule has 2 amide bonds. The fraction of sp³-hybridized carbons (Fsp3) is 0.667. The third-order valence-corrected chi connectivity index (χ3v) is 5.87. The first kappa shape index (κ1) is 19.0. The van der Waals surface area contributed by atoms with E-state index in [2.05, 4.69) is 17.1 Å². The summed E-state index contributed by atoms with van der Waals surface area (Å²) in [5, 5.41) is 3.01. The molecular formula is C21H33N3O2. The molecule has 5 heteroatoms. The zero-order valence-electron chi connectivity index (χ0n) is 16.2. The number of benzene rings is 1. The van der Waals surface area contributed by atoms with Gasteiger partial charge in [-0.2, -0.15) is 0 Å². The molecule has 0 radical (unpaired) electrons. The number of nitrogens with zero attached hydrogens (tertiary/aromatic N) is 2. The zero-order chi connectivity index (χ0) is 18.4. The Kier molecular flexibility index (Phi) is 6.78. The van der Waals surface area contributed by atoms with Gasteiger partial charge in [-0.25, -0.2) is 4.79 Å². The van der Waals surface area contributed by atoms with Gasteiger partial charge in [0.1, 0.15) is 5.75 Å². The predicted molar refractivity (Wildman–Crippen MR) is 106 cm³/mol. The van der Waals surface area contributed by atoms with E-state index < -0.39 is 0 Å². The number of anilines is 1. The van der Waals surface area contributed by atoms with Crippen molar-refractivity contribution in [2.45, 2.75) is 39.0 Å². The van der Waals surface area contributed by atoms with E-state index in [1.54, 1.807) is 7.11 Å². The van der Waals surface area contributed by atoms with Gasteiger partial charge in [0.25, 0.3) is 0 Å². The number of rotatable bonds is 4. The molecule has 0 saturated carbocycles. The number of likely N-dealkylation sites (tertiary alicyclic amines) is 2. The molecule has 3 rings (SSSR count). The maximum absolute atomic E-state index is 12.6. The lowest BCUT2D eigenvalue weighted by atomic mass is 9.95. The molecule has 2 heterocycles. The van der Waals surface area contributed by atoms with Gasteiger partial charge in [-0.15, -0.1) is 0 Å². The molecule has 2 fully saturated rings. The van der Waals surface area contributed by atoms with Crippen molar-refractivity contribution in [3.63, 3.8) is 0 Å². The lowest BCUT2D eigenvalue weighted by Gasteiger charge is -2.32. The van der Waals surface area contributed by atoms with Crippen LogP contribution in [0, 0.1) is 11.8 Å². The molecule has 1 aromatic rings. The molecule has 0 spiro atoms. The van der Waals surface area contributed by atoms with E-state index in [1.165, 1.54) is 38.9 Å². The van der Waals surface area contributed by atoms with Crippen molar-refractivity contribution in [1.82, 2.24) is 9.80 Å². The molecule has 0 aromatic heterocycles. The van der Waals surface area contributed by atoms with Gasteiger partial charge < -0.3 is 19.9 Å². The SMILES string of the molecule is COc1ccc(NC(=O)N2CCCC(CN3CCC(C)CC3)CC2)cc1. The number of methoxy groups -OCH3 is 1. The van der Waals surface area contributed by atoms with E-state index in [-0.39, 0.29) is 6.03 Å². The highest BCUT2D eigenvalue weighted by Gasteiger charge is 2.24. The molecule has 144 valence electrons. The van der Waals surface area contributed by atoms with Crippen LogP contribution in [0.4, 0.5) is 10.5 Å². The van der Waals surface area contributed by atoms with Crippen LogP contribution >= 0.6 is 0 Å². The van der Waals surface area contributed by atoms with Gasteiger partial charge in [0.05, 0.1) is 7.11 Å². The summed E-state index contributed by atoms with van der Waals surface area (Å²) < 4.78 is 5.16. The van der Waals surface area contributed by atoms with Crippen molar-refractivity contribution < 1.29 is 9.53 Å². The van der Waals surface area contributed by atoms with Crippen molar-refractivity contribution in [1.29, 1.82) is 0 Å². The number of hydrogen-bond acceptors (Lipinski definition) is 3. The average Bonchev–Trinajstić information content (AvgIpc) is 2.90. The fourth-order valence-electron chi connectivity index (χ4n) is 4.04. The van der Waals surface area contributed by atoms with Crippen LogP contribution in [0.1, 0.15) is 39.0 Å². The Morgan fingerprint density at radius 1 is 1.08 bits per heavy atom. The summed E-state index contributed by atoms with van der Waals surface area (Å²) in [6, 6.07) is 7.52. The van der Waals surface area contributed by atoms with Gasteiger partial charge in [-0.3, -0.25) is 0 Å². The average molecular weight is 360 g/mol. The van der Waals surface area contributed by atoms with Crippen molar-refractivity contribution in [2.75, 3.05) is 45.2 Å². The smallest absolute Gasteiger partial charge is 0.321 e. The molecule has 0 bridgehead atoms. The largest absolute Gasteiger partial charge is 0.497 e. The van der Waals surface area contributed by atoms with Crippen LogP contribution < -0.4 is 10.1 Å². The molecule has 0 aliphatic carbocycles. The quantitative estimate of drug-likeness (QED) is 0.882. The van der Waals surface area contributed by atoms with Gasteiger partial charge in [0.15, 0.2) is 0 Å². The van der Waals surface area contributed by atoms with E-state index in [1.807, 2.05) is 29.2 Å². The summed E-state index contributed by atoms with van der Waals surface area (Å²) in [5.41, 5.74) is 0.819. The number of amides is 2. The zero-order valence-corrected chi connectivity index (χ0v) is 16.2. The van der Waals surface area contributed by atoms with Gasteiger partial charge in [0.2, 0.25) is 0 Å². The van der Waals surface area contributed by atoms with Crippen LogP contribution in [0.5, 0.6) is 5.75 Å². The normalized spacial score (nSPS) is 22.7. The van der Waals surface area contributed by atoms with Crippen LogP contribution in [0.15, 0.2) is 24.3 Å². The Labute approximate surface area is 157 Å². The summed E-state index contributed by atoms with van der Waals surface area (Å²) in [7, 11) is 1.64. The second-order valence-electron chi connectivity index (χ2n) is 7.93. The minimum Gasteiger partial charge on any atom is -0.497 e. The first-order valence-corrected chi connectivity index (χ1v) is 10.1. The summed E-state index contributed by atoms with van der Waals surface area (Å²) in [6.07, 6.45) is 6.12. The van der Waals surface area contributed by atoms with Gasteiger partial charge in [0, 0.05) is 25.3 Å². The highest BCUT2D eigenvalue weighted by molar-refractivity contribution is 5.89. The van der Waals surface area contributed by atoms with Crippen LogP contribution in [0.2, 0.25) is 0 Å². The summed E-state index contributed by atoms with van der Waals surface area (Å²) >= 11 is 0. The predicted octanol–water partition coefficient (Wildman–Crippen LogP) is 4.06. The molecule has 1 aromatic carbocycles. The Morgan fingerprint density at radius 2 is 1.81 bits per heavy atom. The van der Waals surface area contributed by atoms with Gasteiger partial charge in [-0.05, 0) is 81.3 Å². The maximum Gasteiger partial charge on any atom is 0.321 e. The van der Waals surface area contributed by atoms with Crippen LogP contribution in [0.3, 0.4) is 0 Å². The number of ether oxygens (including phenoxy) is 1. The third kappa shape index (κ3) is 5.37. The first-order valence-electron chi connectivity index (χ1n) is 10.1. The van der Waals surface area contributed by atoms with Crippen LogP contribution in [-0.2, 0) is 0 Å². The third-order valence-electron chi connectivity index (χ3n) is 5.87. The number of carbonyl (C=O) groups excluding carboxylic acids is 1. The monoisotopic (exact) mass is 359 g/mol. The van der Waals surface area contributed by atoms with Crippen LogP contribution in [-0.4, -0.2) is 55.7 Å². The molecule has 2 saturated heterocycles. The number of urea groups is 1. The highest BCUT2D eigenvalue weighted by Crippen LogP contribution is 2.23. The molecular weight excluding hydrogens is 326 g/mol. The first-order chi connectivity index (χ1) is 12.6. The van der Waals surface area contributed by atoms with Crippen molar-refractivity contribution >= 4 is 11.7 Å². The minimum atomic E-state index is 0.0163. The van der Waals surface area contributed by atoms with E-state index in [0.29, 0.717) is 0 Å². The van der Waals surface area contributed by atoms with Crippen molar-refractivity contribution in [3.8, 4) is 5.75 Å². The number of carbonyl (C=O) groups is 1. The van der Waals surface area contributed by atoms with Crippen molar-refractivity contribution in [3.05, 3.63) is 24.3 Å². The standard InChI is InChI=1S/C21H33N3O2/c1-17-9-13-23(14-10-17)16-18-4-3-12-24(15-11-18)21(25)22-19-5-7-20(26-2)8-6-19/h5-8,17-18H,3-4,9-16H2,1-2H3,(H,22,25). The molecule has 5 nitrogen and oxygen atoms in total. The van der Waals surface area contributed by atoms with Crippen LogP contribution in [0.25, 0.3) is 0 Å². The molecule has 1 N–H and O–H groups in total. The molecule has 1 atom stereocenters. The maximum atomic E-state index is 12.6. The Bertz CT molecular complexity index is 567. The summed E-state index contributed by atoms with van der Waals surface area (Å²) in [6.45, 7) is 7.79. The number of piperidine rings is 1. The minimum absolute atomic E-state index is 0.0163.